The van der Waals surface area contributed by atoms with Gasteiger partial charge in [-0.25, -0.2) is 0 Å². The molecule has 118 valence electrons. The number of hydrogen-bond acceptors (Lipinski definition) is 1. The predicted molar refractivity (Wildman–Crippen MR) is 97.5 cm³/mol. The van der Waals surface area contributed by atoms with Crippen molar-refractivity contribution in [2.24, 2.45) is 0 Å². The number of alkyl halides is 1. The molecule has 0 amide bonds. The first kappa shape index (κ1) is 17.2. The molecule has 0 unspecified atom stereocenters. The Morgan fingerprint density at radius 3 is 1.73 bits per heavy atom. The molecule has 22 heavy (non-hydrogen) atoms. The zero-order valence-electron chi connectivity index (χ0n) is 13.0. The average Bonchev–Trinajstić information content (AvgIpc) is 2.54. The molecule has 0 atom stereocenters. The van der Waals surface area contributed by atoms with Crippen molar-refractivity contribution >= 4 is 15.9 Å². The molecule has 3 rings (SSSR count). The van der Waals surface area contributed by atoms with Gasteiger partial charge in [0.05, 0.1) is 5.60 Å². The maximum atomic E-state index is 9.87. The van der Waals surface area contributed by atoms with E-state index in [4.69, 9.17) is 0 Å². The second-order valence-electron chi connectivity index (χ2n) is 5.99. The van der Waals surface area contributed by atoms with Crippen molar-refractivity contribution in [1.82, 2.24) is 0 Å². The molecular weight excluding hydrogens is 336 g/mol. The maximum Gasteiger partial charge on any atom is 0.0651 e. The molecule has 1 nitrogen and oxygen atoms in total. The zero-order valence-corrected chi connectivity index (χ0v) is 14.6. The molecule has 2 heteroatoms. The molecule has 0 aliphatic heterocycles. The van der Waals surface area contributed by atoms with E-state index in [2.05, 4.69) is 64.5 Å². The van der Waals surface area contributed by atoms with Crippen LogP contribution in [0.4, 0.5) is 0 Å². The molecule has 0 radical (unpaired) electrons. The third kappa shape index (κ3) is 5.94. The molecule has 1 N–H and O–H groups in total. The Bertz CT molecular complexity index is 520. The summed E-state index contributed by atoms with van der Waals surface area (Å²) in [6.07, 6.45) is 6.26. The highest BCUT2D eigenvalue weighted by atomic mass is 79.9. The van der Waals surface area contributed by atoms with Crippen molar-refractivity contribution in [2.75, 3.05) is 5.33 Å². The Hall–Kier alpha value is -1.12. The predicted octanol–water partition coefficient (Wildman–Crippen LogP) is 5.16. The van der Waals surface area contributed by atoms with Gasteiger partial charge in [-0.15, -0.1) is 0 Å². The van der Waals surface area contributed by atoms with E-state index in [-0.39, 0.29) is 5.60 Å². The molecule has 1 aliphatic carbocycles. The molecule has 2 aromatic carbocycles. The molecule has 0 heterocycles. The topological polar surface area (TPSA) is 20.2 Å². The molecule has 0 bridgehead atoms. The Balaban J connectivity index is 0.000000172. The highest BCUT2D eigenvalue weighted by Gasteiger charge is 2.33. The fourth-order valence-corrected chi connectivity index (χ4v) is 3.07. The Kier molecular flexibility index (Phi) is 7.14. The van der Waals surface area contributed by atoms with Gasteiger partial charge in [0.25, 0.3) is 0 Å². The van der Waals surface area contributed by atoms with Crippen LogP contribution >= 0.6 is 15.9 Å². The fraction of sp³-hybridized carbons (Fsp3) is 0.400. The first-order valence-corrected chi connectivity index (χ1v) is 9.20. The van der Waals surface area contributed by atoms with Gasteiger partial charge < -0.3 is 5.11 Å². The zero-order chi connectivity index (χ0) is 15.7. The molecule has 0 aromatic heterocycles. The van der Waals surface area contributed by atoms with Gasteiger partial charge in [0.1, 0.15) is 0 Å². The SMILES string of the molecule is BrCCc1ccccc1.OC1(CCc2ccccc2)CCC1. The Morgan fingerprint density at radius 2 is 1.32 bits per heavy atom. The van der Waals surface area contributed by atoms with Crippen LogP contribution in [0.1, 0.15) is 36.8 Å². The van der Waals surface area contributed by atoms with Crippen LogP contribution < -0.4 is 0 Å². The number of rotatable bonds is 5. The van der Waals surface area contributed by atoms with E-state index < -0.39 is 0 Å². The summed E-state index contributed by atoms with van der Waals surface area (Å²) in [6.45, 7) is 0. The summed E-state index contributed by atoms with van der Waals surface area (Å²) in [5.74, 6) is 0. The Morgan fingerprint density at radius 1 is 0.818 bits per heavy atom. The van der Waals surface area contributed by atoms with Gasteiger partial charge in [0, 0.05) is 5.33 Å². The van der Waals surface area contributed by atoms with Gasteiger partial charge in [0.15, 0.2) is 0 Å². The van der Waals surface area contributed by atoms with Crippen LogP contribution in [0, 0.1) is 0 Å². The second kappa shape index (κ2) is 9.12. The van der Waals surface area contributed by atoms with E-state index in [0.29, 0.717) is 0 Å². The van der Waals surface area contributed by atoms with Crippen LogP contribution in [0.3, 0.4) is 0 Å². The summed E-state index contributed by atoms with van der Waals surface area (Å²) in [7, 11) is 0. The molecule has 1 fully saturated rings. The lowest BCUT2D eigenvalue weighted by atomic mass is 9.76. The van der Waals surface area contributed by atoms with Crippen LogP contribution in [0.5, 0.6) is 0 Å². The standard InChI is InChI=1S/C12H16O.C8H9Br/c13-12(8-4-9-12)10-7-11-5-2-1-3-6-11;9-7-6-8-4-2-1-3-5-8/h1-3,5-6,13H,4,7-10H2;1-5H,6-7H2. The summed E-state index contributed by atoms with van der Waals surface area (Å²) in [5.41, 5.74) is 2.41. The maximum absolute atomic E-state index is 9.87. The van der Waals surface area contributed by atoms with Crippen molar-refractivity contribution in [3.8, 4) is 0 Å². The Labute approximate surface area is 142 Å². The van der Waals surface area contributed by atoms with Crippen molar-refractivity contribution in [2.45, 2.75) is 44.1 Å². The van der Waals surface area contributed by atoms with Crippen LogP contribution in [-0.2, 0) is 12.8 Å². The lowest BCUT2D eigenvalue weighted by Gasteiger charge is -2.36. The third-order valence-electron chi connectivity index (χ3n) is 4.23. The van der Waals surface area contributed by atoms with Crippen molar-refractivity contribution in [3.63, 3.8) is 0 Å². The molecule has 1 aliphatic rings. The normalized spacial score (nSPS) is 15.4. The largest absolute Gasteiger partial charge is 0.390 e. The average molecular weight is 361 g/mol. The van der Waals surface area contributed by atoms with Crippen molar-refractivity contribution in [3.05, 3.63) is 71.8 Å². The van der Waals surface area contributed by atoms with Gasteiger partial charge in [-0.05, 0) is 49.7 Å². The number of halogens is 1. The molecule has 0 spiro atoms. The van der Waals surface area contributed by atoms with E-state index in [9.17, 15) is 5.11 Å². The molecule has 1 saturated carbocycles. The fourth-order valence-electron chi connectivity index (χ4n) is 2.61. The van der Waals surface area contributed by atoms with Crippen LogP contribution in [0.25, 0.3) is 0 Å². The van der Waals surface area contributed by atoms with Crippen LogP contribution in [0.15, 0.2) is 60.7 Å². The summed E-state index contributed by atoms with van der Waals surface area (Å²) < 4.78 is 0. The lowest BCUT2D eigenvalue weighted by molar-refractivity contribution is -0.0397. The quantitative estimate of drug-likeness (QED) is 0.730. The number of benzene rings is 2. The van der Waals surface area contributed by atoms with Crippen molar-refractivity contribution in [1.29, 1.82) is 0 Å². The van der Waals surface area contributed by atoms with Crippen molar-refractivity contribution < 1.29 is 5.11 Å². The van der Waals surface area contributed by atoms with Gasteiger partial charge >= 0.3 is 0 Å². The van der Waals surface area contributed by atoms with E-state index in [1.807, 2.05) is 12.1 Å². The van der Waals surface area contributed by atoms with E-state index >= 15 is 0 Å². The molecule has 0 saturated heterocycles. The smallest absolute Gasteiger partial charge is 0.0651 e. The summed E-state index contributed by atoms with van der Waals surface area (Å²) >= 11 is 3.39. The van der Waals surface area contributed by atoms with Crippen LogP contribution in [-0.4, -0.2) is 16.0 Å². The van der Waals surface area contributed by atoms with Gasteiger partial charge in [0.2, 0.25) is 0 Å². The number of hydrogen-bond donors (Lipinski definition) is 1. The van der Waals surface area contributed by atoms with Gasteiger partial charge in [-0.1, -0.05) is 76.6 Å². The van der Waals surface area contributed by atoms with Gasteiger partial charge in [-0.2, -0.15) is 0 Å². The summed E-state index contributed by atoms with van der Waals surface area (Å²) in [5, 5.41) is 10.9. The minimum Gasteiger partial charge on any atom is -0.390 e. The molecule has 2 aromatic rings. The minimum absolute atomic E-state index is 0.324. The second-order valence-corrected chi connectivity index (χ2v) is 6.78. The lowest BCUT2D eigenvalue weighted by Crippen LogP contribution is -2.36. The van der Waals surface area contributed by atoms with E-state index in [1.54, 1.807) is 0 Å². The highest BCUT2D eigenvalue weighted by molar-refractivity contribution is 9.09. The summed E-state index contributed by atoms with van der Waals surface area (Å²) in [4.78, 5) is 0. The van der Waals surface area contributed by atoms with E-state index in [1.165, 1.54) is 17.5 Å². The van der Waals surface area contributed by atoms with Gasteiger partial charge in [-0.3, -0.25) is 0 Å². The van der Waals surface area contributed by atoms with E-state index in [0.717, 1.165) is 37.4 Å². The first-order chi connectivity index (χ1) is 10.7. The highest BCUT2D eigenvalue weighted by Crippen LogP contribution is 2.35. The monoisotopic (exact) mass is 360 g/mol. The first-order valence-electron chi connectivity index (χ1n) is 8.08. The molecular formula is C20H25BrO. The number of aliphatic hydroxyl groups is 1. The minimum atomic E-state index is -0.324. The van der Waals surface area contributed by atoms with Crippen LogP contribution in [0.2, 0.25) is 0 Å². The number of aryl methyl sites for hydroxylation is 2. The third-order valence-corrected chi connectivity index (χ3v) is 4.63. The summed E-state index contributed by atoms with van der Waals surface area (Å²) in [6, 6.07) is 20.8.